The molecule has 2 N–H and O–H groups in total. The van der Waals surface area contributed by atoms with Crippen LogP contribution in [0.4, 0.5) is 0 Å². The maximum absolute atomic E-state index is 14.1. The highest BCUT2D eigenvalue weighted by atomic mass is 35.5. The lowest BCUT2D eigenvalue weighted by Crippen LogP contribution is -2.31. The number of imidazole rings is 1. The number of aryl methyl sites for hydroxylation is 2. The van der Waals surface area contributed by atoms with Crippen LogP contribution >= 0.6 is 11.6 Å². The number of aliphatic carboxylic acids is 1. The molecule has 0 spiro atoms. The Labute approximate surface area is 217 Å². The van der Waals surface area contributed by atoms with Crippen LogP contribution in [0.2, 0.25) is 5.02 Å². The summed E-state index contributed by atoms with van der Waals surface area (Å²) in [6.45, 7) is 6.00. The summed E-state index contributed by atoms with van der Waals surface area (Å²) in [5, 5.41) is 20.8. The van der Waals surface area contributed by atoms with Crippen LogP contribution in [0, 0.1) is 25.2 Å². The molecule has 5 rings (SSSR count). The van der Waals surface area contributed by atoms with Gasteiger partial charge in [0.05, 0.1) is 24.0 Å². The molecule has 8 nitrogen and oxygen atoms in total. The van der Waals surface area contributed by atoms with Gasteiger partial charge in [-0.15, -0.1) is 0 Å². The zero-order chi connectivity index (χ0) is 26.4. The SMILES string of the molecule is Cc1cc(C)c2c(C(C)n3c(=O)n(C(CC(=O)O)c4ccc(Cl)cc4)c4nc(C#N)ccc43)c[nH]c2c1. The molecule has 5 aromatic rings. The van der Waals surface area contributed by atoms with Crippen molar-refractivity contribution in [2.45, 2.75) is 39.3 Å². The Balaban J connectivity index is 1.79. The van der Waals surface area contributed by atoms with Crippen LogP contribution in [-0.4, -0.2) is 30.2 Å². The number of carboxylic acids is 1. The average Bonchev–Trinajstić information content (AvgIpc) is 3.40. The van der Waals surface area contributed by atoms with Crippen molar-refractivity contribution in [1.29, 1.82) is 5.26 Å². The molecule has 3 aromatic heterocycles. The Morgan fingerprint density at radius 2 is 1.89 bits per heavy atom. The molecule has 0 aliphatic rings. The van der Waals surface area contributed by atoms with Crippen molar-refractivity contribution in [2.75, 3.05) is 0 Å². The van der Waals surface area contributed by atoms with Crippen molar-refractivity contribution in [1.82, 2.24) is 19.1 Å². The van der Waals surface area contributed by atoms with E-state index in [0.717, 1.165) is 27.6 Å². The minimum atomic E-state index is -1.07. The normalized spacial score (nSPS) is 13.1. The third-order valence-corrected chi connectivity index (χ3v) is 7.04. The summed E-state index contributed by atoms with van der Waals surface area (Å²) in [5.41, 5.74) is 5.22. The first-order chi connectivity index (χ1) is 17.7. The summed E-state index contributed by atoms with van der Waals surface area (Å²) in [6.07, 6.45) is 1.56. The molecule has 0 aliphatic carbocycles. The first-order valence-electron chi connectivity index (χ1n) is 11.8. The number of rotatable bonds is 6. The number of nitriles is 1. The van der Waals surface area contributed by atoms with Gasteiger partial charge >= 0.3 is 11.7 Å². The predicted octanol–water partition coefficient (Wildman–Crippen LogP) is 5.49. The molecule has 2 atom stereocenters. The van der Waals surface area contributed by atoms with Crippen LogP contribution in [0.1, 0.15) is 53.4 Å². The number of nitrogens with one attached hydrogen (secondary N) is 1. The number of hydrogen-bond acceptors (Lipinski definition) is 4. The highest BCUT2D eigenvalue weighted by Gasteiger charge is 2.28. The second-order valence-electron chi connectivity index (χ2n) is 9.26. The molecular weight excluding hydrogens is 490 g/mol. The van der Waals surface area contributed by atoms with Gasteiger partial charge in [0.15, 0.2) is 5.65 Å². The van der Waals surface area contributed by atoms with Gasteiger partial charge in [-0.3, -0.25) is 13.9 Å². The minimum Gasteiger partial charge on any atom is -0.481 e. The Bertz CT molecular complexity index is 1770. The van der Waals surface area contributed by atoms with Crippen molar-refractivity contribution < 1.29 is 9.90 Å². The third-order valence-electron chi connectivity index (χ3n) is 6.79. The lowest BCUT2D eigenvalue weighted by Gasteiger charge is -2.18. The fraction of sp³-hybridized carbons (Fsp3) is 0.214. The fourth-order valence-electron chi connectivity index (χ4n) is 5.20. The molecule has 0 saturated carbocycles. The Morgan fingerprint density at radius 3 is 2.57 bits per heavy atom. The van der Waals surface area contributed by atoms with Crippen molar-refractivity contribution in [3.05, 3.63) is 98.2 Å². The van der Waals surface area contributed by atoms with Gasteiger partial charge in [0.2, 0.25) is 0 Å². The van der Waals surface area contributed by atoms with Gasteiger partial charge in [-0.25, -0.2) is 9.78 Å². The van der Waals surface area contributed by atoms with E-state index in [2.05, 4.69) is 22.1 Å². The summed E-state index contributed by atoms with van der Waals surface area (Å²) in [6, 6.07) is 14.9. The smallest absolute Gasteiger partial charge is 0.331 e. The zero-order valence-corrected chi connectivity index (χ0v) is 21.2. The van der Waals surface area contributed by atoms with Gasteiger partial charge in [0.1, 0.15) is 11.8 Å². The van der Waals surface area contributed by atoms with E-state index in [-0.39, 0.29) is 17.8 Å². The Morgan fingerprint density at radius 1 is 1.16 bits per heavy atom. The molecular formula is C28H24ClN5O3. The van der Waals surface area contributed by atoms with Crippen LogP contribution in [0.25, 0.3) is 22.1 Å². The van der Waals surface area contributed by atoms with Crippen LogP contribution < -0.4 is 5.69 Å². The first kappa shape index (κ1) is 24.3. The maximum atomic E-state index is 14.1. The highest BCUT2D eigenvalue weighted by molar-refractivity contribution is 6.30. The number of pyridine rings is 1. The molecule has 37 heavy (non-hydrogen) atoms. The molecule has 2 aromatic carbocycles. The number of halogens is 1. The van der Waals surface area contributed by atoms with Gasteiger partial charge in [-0.05, 0) is 67.8 Å². The molecule has 2 unspecified atom stereocenters. The van der Waals surface area contributed by atoms with Crippen molar-refractivity contribution in [2.24, 2.45) is 0 Å². The largest absolute Gasteiger partial charge is 0.481 e. The molecule has 186 valence electrons. The zero-order valence-electron chi connectivity index (χ0n) is 20.5. The molecule has 0 bridgehead atoms. The van der Waals surface area contributed by atoms with E-state index < -0.39 is 23.7 Å². The van der Waals surface area contributed by atoms with E-state index in [1.165, 1.54) is 4.57 Å². The molecule has 9 heteroatoms. The summed E-state index contributed by atoms with van der Waals surface area (Å²) in [5.74, 6) is -1.07. The highest BCUT2D eigenvalue weighted by Crippen LogP contribution is 2.33. The lowest BCUT2D eigenvalue weighted by atomic mass is 10.0. The average molecular weight is 514 g/mol. The minimum absolute atomic E-state index is 0.134. The monoisotopic (exact) mass is 513 g/mol. The van der Waals surface area contributed by atoms with Crippen molar-refractivity contribution in [3.8, 4) is 6.07 Å². The Hall–Kier alpha value is -4.35. The molecule has 0 aliphatic heterocycles. The number of H-pyrrole nitrogens is 1. The van der Waals surface area contributed by atoms with Crippen LogP contribution in [0.15, 0.2) is 59.5 Å². The number of carbonyl (C=O) groups is 1. The standard InChI is InChI=1S/C28H24ClN5O3/c1-15-10-16(2)26-21(14-31-22(26)11-15)17(3)33-23-9-8-20(13-30)32-27(23)34(28(33)37)24(12-25(35)36)18-4-6-19(29)7-5-18/h4-11,14,17,24,31H,12H2,1-3H3,(H,35,36). The maximum Gasteiger partial charge on any atom is 0.331 e. The molecule has 3 heterocycles. The topological polar surface area (TPSA) is 117 Å². The van der Waals surface area contributed by atoms with E-state index in [1.54, 1.807) is 41.0 Å². The number of fused-ring (bicyclic) bond motifs is 2. The molecule has 0 saturated heterocycles. The molecule has 0 fully saturated rings. The fourth-order valence-corrected chi connectivity index (χ4v) is 5.33. The number of aromatic nitrogens is 4. The third kappa shape index (κ3) is 4.17. The summed E-state index contributed by atoms with van der Waals surface area (Å²) >= 11 is 6.07. The molecule has 0 amide bonds. The van der Waals surface area contributed by atoms with Gasteiger partial charge in [0.25, 0.3) is 0 Å². The van der Waals surface area contributed by atoms with Gasteiger partial charge in [-0.2, -0.15) is 5.26 Å². The van der Waals surface area contributed by atoms with Gasteiger partial charge < -0.3 is 10.1 Å². The summed E-state index contributed by atoms with van der Waals surface area (Å²) < 4.78 is 3.01. The summed E-state index contributed by atoms with van der Waals surface area (Å²) in [7, 11) is 0. The second-order valence-corrected chi connectivity index (χ2v) is 9.70. The van der Waals surface area contributed by atoms with Gasteiger partial charge in [-0.1, -0.05) is 29.8 Å². The predicted molar refractivity (Wildman–Crippen MR) is 142 cm³/mol. The van der Waals surface area contributed by atoms with E-state index in [0.29, 0.717) is 16.1 Å². The lowest BCUT2D eigenvalue weighted by molar-refractivity contribution is -0.137. The number of carboxylic acid groups (broad SMARTS) is 1. The number of benzene rings is 2. The Kier molecular flexibility index (Phi) is 6.10. The van der Waals surface area contributed by atoms with E-state index in [9.17, 15) is 20.0 Å². The number of nitrogens with zero attached hydrogens (tertiary/aromatic N) is 4. The molecule has 0 radical (unpaired) electrons. The van der Waals surface area contributed by atoms with Crippen LogP contribution in [0.3, 0.4) is 0 Å². The number of aromatic amines is 1. The van der Waals surface area contributed by atoms with Gasteiger partial charge in [0, 0.05) is 27.7 Å². The first-order valence-corrected chi connectivity index (χ1v) is 12.2. The van der Waals surface area contributed by atoms with E-state index in [1.807, 2.05) is 33.0 Å². The second kappa shape index (κ2) is 9.26. The number of hydrogen-bond donors (Lipinski definition) is 2. The quantitative estimate of drug-likeness (QED) is 0.311. The summed E-state index contributed by atoms with van der Waals surface area (Å²) in [4.78, 5) is 33.8. The van der Waals surface area contributed by atoms with E-state index >= 15 is 0 Å². The van der Waals surface area contributed by atoms with Crippen LogP contribution in [-0.2, 0) is 4.79 Å². The van der Waals surface area contributed by atoms with Crippen molar-refractivity contribution in [3.63, 3.8) is 0 Å². The van der Waals surface area contributed by atoms with Crippen LogP contribution in [0.5, 0.6) is 0 Å². The van der Waals surface area contributed by atoms with Crippen molar-refractivity contribution >= 4 is 39.6 Å². The van der Waals surface area contributed by atoms with E-state index in [4.69, 9.17) is 11.6 Å².